The average molecular weight is 370 g/mol. The number of amides is 1. The normalized spacial score (nSPS) is 10.5. The second-order valence-corrected chi connectivity index (χ2v) is 6.15. The molecule has 138 valence electrons. The Morgan fingerprint density at radius 3 is 2.43 bits per heavy atom. The van der Waals surface area contributed by atoms with Gasteiger partial charge in [0.1, 0.15) is 5.82 Å². The highest BCUT2D eigenvalue weighted by Gasteiger charge is 2.05. The molecule has 0 bridgehead atoms. The van der Waals surface area contributed by atoms with Crippen LogP contribution in [0.5, 0.6) is 0 Å². The second kappa shape index (κ2) is 7.71. The Balaban J connectivity index is 1.52. The number of hydrogen-bond acceptors (Lipinski definition) is 6. The van der Waals surface area contributed by atoms with Gasteiger partial charge in [0.05, 0.1) is 11.2 Å². The maximum Gasteiger partial charge on any atom is 0.229 e. The molecule has 0 saturated carbocycles. The molecule has 0 atom stereocenters. The number of anilines is 5. The minimum Gasteiger partial charge on any atom is -0.338 e. The van der Waals surface area contributed by atoms with Gasteiger partial charge in [-0.15, -0.1) is 0 Å². The zero-order valence-electron chi connectivity index (χ0n) is 15.2. The minimum absolute atomic E-state index is 0.106. The van der Waals surface area contributed by atoms with E-state index < -0.39 is 0 Å². The summed E-state index contributed by atoms with van der Waals surface area (Å²) in [7, 11) is 0. The number of hydrogen-bond donors (Lipinski definition) is 3. The van der Waals surface area contributed by atoms with Crippen molar-refractivity contribution >= 4 is 45.6 Å². The summed E-state index contributed by atoms with van der Waals surface area (Å²) in [5.74, 6) is 1.02. The van der Waals surface area contributed by atoms with Crippen LogP contribution in [0.15, 0.2) is 73.1 Å². The van der Waals surface area contributed by atoms with E-state index in [1.807, 2.05) is 54.6 Å². The number of fused-ring (bicyclic) bond motifs is 1. The van der Waals surface area contributed by atoms with Crippen molar-refractivity contribution in [2.45, 2.75) is 6.92 Å². The third-order valence-corrected chi connectivity index (χ3v) is 4.01. The highest BCUT2D eigenvalue weighted by atomic mass is 16.1. The first-order valence-corrected chi connectivity index (χ1v) is 8.76. The van der Waals surface area contributed by atoms with Gasteiger partial charge in [-0.1, -0.05) is 18.2 Å². The fraction of sp³-hybridized carbons (Fsp3) is 0.0476. The summed E-state index contributed by atoms with van der Waals surface area (Å²) >= 11 is 0. The smallest absolute Gasteiger partial charge is 0.229 e. The lowest BCUT2D eigenvalue weighted by Crippen LogP contribution is -2.05. The Hall–Kier alpha value is -4.00. The molecule has 0 unspecified atom stereocenters. The van der Waals surface area contributed by atoms with Gasteiger partial charge in [-0.25, -0.2) is 4.98 Å². The van der Waals surface area contributed by atoms with Crippen LogP contribution in [0.3, 0.4) is 0 Å². The van der Waals surface area contributed by atoms with Crippen molar-refractivity contribution in [1.82, 2.24) is 15.0 Å². The van der Waals surface area contributed by atoms with E-state index in [2.05, 4.69) is 30.9 Å². The van der Waals surface area contributed by atoms with Crippen molar-refractivity contribution in [3.8, 4) is 0 Å². The van der Waals surface area contributed by atoms with Crippen LogP contribution >= 0.6 is 0 Å². The summed E-state index contributed by atoms with van der Waals surface area (Å²) < 4.78 is 0. The monoisotopic (exact) mass is 370 g/mol. The van der Waals surface area contributed by atoms with Gasteiger partial charge in [-0.05, 0) is 42.5 Å². The van der Waals surface area contributed by atoms with Crippen molar-refractivity contribution in [2.24, 2.45) is 0 Å². The molecule has 3 N–H and O–H groups in total. The molecule has 2 aromatic carbocycles. The highest BCUT2D eigenvalue weighted by molar-refractivity contribution is 5.91. The summed E-state index contributed by atoms with van der Waals surface area (Å²) in [6, 6.07) is 19.0. The topological polar surface area (TPSA) is 91.8 Å². The minimum atomic E-state index is -0.106. The van der Waals surface area contributed by atoms with Gasteiger partial charge in [-0.3, -0.25) is 9.78 Å². The van der Waals surface area contributed by atoms with E-state index in [9.17, 15) is 4.79 Å². The Morgan fingerprint density at radius 1 is 0.821 bits per heavy atom. The summed E-state index contributed by atoms with van der Waals surface area (Å²) in [5, 5.41) is 10.2. The number of carbonyl (C=O) groups excluding carboxylic acids is 1. The van der Waals surface area contributed by atoms with Crippen LogP contribution in [-0.4, -0.2) is 20.9 Å². The number of nitrogens with one attached hydrogen (secondary N) is 3. The van der Waals surface area contributed by atoms with E-state index in [-0.39, 0.29) is 5.91 Å². The molecule has 0 saturated heterocycles. The van der Waals surface area contributed by atoms with Crippen molar-refractivity contribution in [3.05, 3.63) is 73.1 Å². The molecule has 4 rings (SSSR count). The zero-order valence-corrected chi connectivity index (χ0v) is 15.2. The standard InChI is InChI=1S/C21H18N6O/c1-14(28)24-16-7-9-17(10-8-16)25-21-23-13-11-19(27-21)26-18-6-2-4-15-5-3-12-22-20(15)18/h2-13H,1H3,(H,24,28)(H2,23,25,26,27). The summed E-state index contributed by atoms with van der Waals surface area (Å²) in [6.45, 7) is 1.48. The van der Waals surface area contributed by atoms with E-state index in [0.717, 1.165) is 28.0 Å². The fourth-order valence-electron chi connectivity index (χ4n) is 2.80. The highest BCUT2D eigenvalue weighted by Crippen LogP contribution is 2.24. The number of benzene rings is 2. The predicted octanol–water partition coefficient (Wildman–Crippen LogP) is 4.47. The van der Waals surface area contributed by atoms with E-state index in [4.69, 9.17) is 0 Å². The van der Waals surface area contributed by atoms with E-state index in [1.54, 1.807) is 18.5 Å². The molecule has 0 aliphatic carbocycles. The lowest BCUT2D eigenvalue weighted by atomic mass is 10.2. The molecule has 0 aliphatic rings. The number of rotatable bonds is 5. The van der Waals surface area contributed by atoms with E-state index in [1.165, 1.54) is 6.92 Å². The average Bonchev–Trinajstić information content (AvgIpc) is 2.70. The SMILES string of the molecule is CC(=O)Nc1ccc(Nc2nccc(Nc3cccc4cccnc34)n2)cc1. The summed E-state index contributed by atoms with van der Waals surface area (Å²) in [4.78, 5) is 24.3. The van der Waals surface area contributed by atoms with Crippen molar-refractivity contribution in [3.63, 3.8) is 0 Å². The van der Waals surface area contributed by atoms with Gasteiger partial charge in [-0.2, -0.15) is 4.98 Å². The number of nitrogens with zero attached hydrogens (tertiary/aromatic N) is 3. The number of para-hydroxylation sites is 1. The molecule has 28 heavy (non-hydrogen) atoms. The molecule has 0 fully saturated rings. The number of aromatic nitrogens is 3. The van der Waals surface area contributed by atoms with Gasteiger partial charge in [0.25, 0.3) is 0 Å². The zero-order chi connectivity index (χ0) is 19.3. The molecule has 2 aromatic heterocycles. The molecule has 7 nitrogen and oxygen atoms in total. The first-order valence-electron chi connectivity index (χ1n) is 8.76. The van der Waals surface area contributed by atoms with Crippen LogP contribution < -0.4 is 16.0 Å². The molecule has 7 heteroatoms. The number of carbonyl (C=O) groups is 1. The largest absolute Gasteiger partial charge is 0.338 e. The van der Waals surface area contributed by atoms with Crippen LogP contribution in [0.2, 0.25) is 0 Å². The second-order valence-electron chi connectivity index (χ2n) is 6.15. The molecule has 4 aromatic rings. The molecule has 0 aliphatic heterocycles. The first kappa shape index (κ1) is 17.4. The fourth-order valence-corrected chi connectivity index (χ4v) is 2.80. The van der Waals surface area contributed by atoms with Gasteiger partial charge in [0, 0.05) is 36.1 Å². The number of pyridine rings is 1. The molecule has 2 heterocycles. The van der Waals surface area contributed by atoms with Gasteiger partial charge < -0.3 is 16.0 Å². The van der Waals surface area contributed by atoms with Gasteiger partial charge in [0.2, 0.25) is 11.9 Å². The first-order chi connectivity index (χ1) is 13.7. The Bertz CT molecular complexity index is 1120. The van der Waals surface area contributed by atoms with Crippen molar-refractivity contribution in [1.29, 1.82) is 0 Å². The molecule has 1 amide bonds. The van der Waals surface area contributed by atoms with Gasteiger partial charge in [0.15, 0.2) is 0 Å². The van der Waals surface area contributed by atoms with Crippen LogP contribution in [0.4, 0.5) is 28.8 Å². The summed E-state index contributed by atoms with van der Waals surface area (Å²) in [6.07, 6.45) is 3.45. The molecular weight excluding hydrogens is 352 g/mol. The predicted molar refractivity (Wildman–Crippen MR) is 111 cm³/mol. The third kappa shape index (κ3) is 4.04. The third-order valence-electron chi connectivity index (χ3n) is 4.01. The van der Waals surface area contributed by atoms with E-state index in [0.29, 0.717) is 11.8 Å². The lowest BCUT2D eigenvalue weighted by molar-refractivity contribution is -0.114. The maximum absolute atomic E-state index is 11.1. The molecular formula is C21H18N6O. The van der Waals surface area contributed by atoms with Crippen molar-refractivity contribution < 1.29 is 4.79 Å². The van der Waals surface area contributed by atoms with Crippen LogP contribution in [-0.2, 0) is 4.79 Å². The van der Waals surface area contributed by atoms with Crippen molar-refractivity contribution in [2.75, 3.05) is 16.0 Å². The Labute approximate surface area is 161 Å². The Morgan fingerprint density at radius 2 is 1.61 bits per heavy atom. The van der Waals surface area contributed by atoms with Crippen LogP contribution in [0.25, 0.3) is 10.9 Å². The molecule has 0 spiro atoms. The van der Waals surface area contributed by atoms with E-state index >= 15 is 0 Å². The summed E-state index contributed by atoms with van der Waals surface area (Å²) in [5.41, 5.74) is 3.31. The molecule has 0 radical (unpaired) electrons. The van der Waals surface area contributed by atoms with Gasteiger partial charge >= 0.3 is 0 Å². The maximum atomic E-state index is 11.1. The van der Waals surface area contributed by atoms with Crippen LogP contribution in [0, 0.1) is 0 Å². The lowest BCUT2D eigenvalue weighted by Gasteiger charge is -2.10. The Kier molecular flexibility index (Phi) is 4.79. The quantitative estimate of drug-likeness (QED) is 0.480. The van der Waals surface area contributed by atoms with Crippen LogP contribution in [0.1, 0.15) is 6.92 Å².